The number of nitriles is 1. The minimum atomic E-state index is -0.914. The normalized spacial score (nSPS) is 19.4. The second kappa shape index (κ2) is 6.18. The zero-order valence-corrected chi connectivity index (χ0v) is 11.8. The van der Waals surface area contributed by atoms with E-state index >= 15 is 0 Å². The predicted molar refractivity (Wildman–Crippen MR) is 73.6 cm³/mol. The third-order valence-corrected chi connectivity index (χ3v) is 4.58. The summed E-state index contributed by atoms with van der Waals surface area (Å²) >= 11 is 1.63. The molecule has 1 N–H and O–H groups in total. The Hall–Kier alpha value is -1.38. The third-order valence-electron chi connectivity index (χ3n) is 3.60. The van der Waals surface area contributed by atoms with Crippen LogP contribution in [0.1, 0.15) is 37.1 Å². The Morgan fingerprint density at radius 3 is 2.89 bits per heavy atom. The summed E-state index contributed by atoms with van der Waals surface area (Å²) in [6, 6.07) is 6.20. The molecule has 102 valence electrons. The molecule has 1 saturated heterocycles. The van der Waals surface area contributed by atoms with Crippen LogP contribution in [0.5, 0.6) is 0 Å². The van der Waals surface area contributed by atoms with Crippen LogP contribution in [0.15, 0.2) is 17.5 Å². The van der Waals surface area contributed by atoms with Crippen molar-refractivity contribution in [1.29, 1.82) is 5.26 Å². The molecule has 0 radical (unpaired) electrons. The number of hydrogen-bond acceptors (Lipinski definition) is 4. The maximum absolute atomic E-state index is 12.4. The molecule has 1 aromatic rings. The smallest absolute Gasteiger partial charge is 0.241 e. The molecule has 1 amide bonds. The lowest BCUT2D eigenvalue weighted by Gasteiger charge is -2.30. The number of nitrogens with one attached hydrogen (secondary N) is 1. The van der Waals surface area contributed by atoms with Crippen molar-refractivity contribution in [3.8, 4) is 6.07 Å². The number of carbonyl (C=O) groups excluding carboxylic acids is 1. The van der Waals surface area contributed by atoms with Crippen LogP contribution in [0.2, 0.25) is 0 Å². The van der Waals surface area contributed by atoms with Gasteiger partial charge in [-0.15, -0.1) is 11.3 Å². The summed E-state index contributed by atoms with van der Waals surface area (Å²) in [4.78, 5) is 13.6. The molecule has 1 aliphatic rings. The maximum Gasteiger partial charge on any atom is 0.241 e. The lowest BCUT2D eigenvalue weighted by atomic mass is 9.80. The van der Waals surface area contributed by atoms with E-state index in [1.54, 1.807) is 11.3 Å². The van der Waals surface area contributed by atoms with E-state index in [1.165, 1.54) is 0 Å². The zero-order valence-electron chi connectivity index (χ0n) is 11.0. The molecule has 2 rings (SSSR count). The highest BCUT2D eigenvalue weighted by molar-refractivity contribution is 7.10. The van der Waals surface area contributed by atoms with Crippen LogP contribution in [0, 0.1) is 16.7 Å². The molecule has 1 aromatic heterocycles. The van der Waals surface area contributed by atoms with Gasteiger partial charge in [0.25, 0.3) is 0 Å². The van der Waals surface area contributed by atoms with E-state index in [1.807, 2.05) is 24.4 Å². The molecule has 1 fully saturated rings. The Kier molecular flexibility index (Phi) is 4.56. The molecule has 5 heteroatoms. The highest BCUT2D eigenvalue weighted by Gasteiger charge is 2.41. The second-order valence-electron chi connectivity index (χ2n) is 4.76. The fraction of sp³-hybridized carbons (Fsp3) is 0.571. The molecule has 4 nitrogen and oxygen atoms in total. The van der Waals surface area contributed by atoms with Gasteiger partial charge in [0.15, 0.2) is 0 Å². The average Bonchev–Trinajstić information content (AvgIpc) is 2.99. The molecule has 19 heavy (non-hydrogen) atoms. The second-order valence-corrected chi connectivity index (χ2v) is 5.74. The number of hydrogen-bond donors (Lipinski definition) is 1. The van der Waals surface area contributed by atoms with Crippen molar-refractivity contribution >= 4 is 17.2 Å². The van der Waals surface area contributed by atoms with Crippen LogP contribution >= 0.6 is 11.3 Å². The first-order chi connectivity index (χ1) is 9.22. The van der Waals surface area contributed by atoms with Crippen molar-refractivity contribution < 1.29 is 9.53 Å². The predicted octanol–water partition coefficient (Wildman–Crippen LogP) is 2.64. The molecule has 0 bridgehead atoms. The quantitative estimate of drug-likeness (QED) is 0.921. The monoisotopic (exact) mass is 278 g/mol. The van der Waals surface area contributed by atoms with Crippen molar-refractivity contribution in [1.82, 2.24) is 5.32 Å². The number of rotatable bonds is 4. The summed E-state index contributed by atoms with van der Waals surface area (Å²) in [6.45, 7) is 3.00. The van der Waals surface area contributed by atoms with Gasteiger partial charge in [0, 0.05) is 18.1 Å². The maximum atomic E-state index is 12.4. The number of ether oxygens (including phenoxy) is 1. The summed E-state index contributed by atoms with van der Waals surface area (Å²) in [5.41, 5.74) is -0.914. The van der Waals surface area contributed by atoms with Crippen molar-refractivity contribution in [3.05, 3.63) is 22.4 Å². The lowest BCUT2D eigenvalue weighted by molar-refractivity contribution is -0.133. The van der Waals surface area contributed by atoms with E-state index in [4.69, 9.17) is 4.74 Å². The van der Waals surface area contributed by atoms with Crippen molar-refractivity contribution in [3.63, 3.8) is 0 Å². The Morgan fingerprint density at radius 2 is 2.37 bits per heavy atom. The molecule has 1 atom stereocenters. The molecular formula is C14H18N2O2S. The first-order valence-corrected chi connectivity index (χ1v) is 7.43. The fourth-order valence-corrected chi connectivity index (χ4v) is 3.13. The zero-order chi connectivity index (χ0) is 13.7. The van der Waals surface area contributed by atoms with Gasteiger partial charge in [0.1, 0.15) is 5.41 Å². The molecule has 2 heterocycles. The first-order valence-electron chi connectivity index (χ1n) is 6.55. The third kappa shape index (κ3) is 2.96. The number of thiophene rings is 1. The van der Waals surface area contributed by atoms with Crippen molar-refractivity contribution in [2.75, 3.05) is 13.2 Å². The fourth-order valence-electron chi connectivity index (χ4n) is 2.27. The van der Waals surface area contributed by atoms with Crippen molar-refractivity contribution in [2.24, 2.45) is 5.41 Å². The SMILES string of the molecule is CCC(NC(=O)C1(C#N)CCOCC1)c1cccs1. The van der Waals surface area contributed by atoms with Gasteiger partial charge < -0.3 is 10.1 Å². The van der Waals surface area contributed by atoms with Gasteiger partial charge in [0.05, 0.1) is 12.1 Å². The van der Waals surface area contributed by atoms with Crippen LogP contribution in [-0.2, 0) is 9.53 Å². The molecule has 1 unspecified atom stereocenters. The van der Waals surface area contributed by atoms with Gasteiger partial charge in [-0.05, 0) is 30.7 Å². The molecule has 0 aromatic carbocycles. The topological polar surface area (TPSA) is 62.1 Å². The van der Waals surface area contributed by atoms with E-state index in [2.05, 4.69) is 11.4 Å². The van der Waals surface area contributed by atoms with Gasteiger partial charge in [0.2, 0.25) is 5.91 Å². The van der Waals surface area contributed by atoms with Gasteiger partial charge in [-0.3, -0.25) is 4.79 Å². The van der Waals surface area contributed by atoms with E-state index < -0.39 is 5.41 Å². The summed E-state index contributed by atoms with van der Waals surface area (Å²) < 4.78 is 5.25. The Morgan fingerprint density at radius 1 is 1.63 bits per heavy atom. The molecule has 1 aliphatic heterocycles. The minimum Gasteiger partial charge on any atom is -0.381 e. The average molecular weight is 278 g/mol. The van der Waals surface area contributed by atoms with Crippen LogP contribution in [0.4, 0.5) is 0 Å². The van der Waals surface area contributed by atoms with Crippen LogP contribution < -0.4 is 5.32 Å². The van der Waals surface area contributed by atoms with Crippen LogP contribution in [-0.4, -0.2) is 19.1 Å². The largest absolute Gasteiger partial charge is 0.381 e. The molecule has 0 saturated carbocycles. The molecule has 0 spiro atoms. The van der Waals surface area contributed by atoms with Gasteiger partial charge >= 0.3 is 0 Å². The van der Waals surface area contributed by atoms with E-state index in [9.17, 15) is 10.1 Å². The van der Waals surface area contributed by atoms with E-state index in [0.717, 1.165) is 11.3 Å². The summed E-state index contributed by atoms with van der Waals surface area (Å²) in [5, 5.41) is 14.4. The molecule has 0 aliphatic carbocycles. The number of amides is 1. The van der Waals surface area contributed by atoms with E-state index in [0.29, 0.717) is 26.1 Å². The molecular weight excluding hydrogens is 260 g/mol. The lowest BCUT2D eigenvalue weighted by Crippen LogP contribution is -2.44. The highest BCUT2D eigenvalue weighted by Crippen LogP contribution is 2.31. The van der Waals surface area contributed by atoms with Crippen molar-refractivity contribution in [2.45, 2.75) is 32.2 Å². The minimum absolute atomic E-state index is 0.000528. The van der Waals surface area contributed by atoms with Gasteiger partial charge in [-0.1, -0.05) is 13.0 Å². The Bertz CT molecular complexity index is 458. The first kappa shape index (κ1) is 14.0. The standard InChI is InChI=1S/C14H18N2O2S/c1-2-11(12-4-3-9-19-12)16-13(17)14(10-15)5-7-18-8-6-14/h3-4,9,11H,2,5-8H2,1H3,(H,16,17). The van der Waals surface area contributed by atoms with E-state index in [-0.39, 0.29) is 11.9 Å². The van der Waals surface area contributed by atoms with Crippen LogP contribution in [0.3, 0.4) is 0 Å². The number of nitrogens with zero attached hydrogens (tertiary/aromatic N) is 1. The summed E-state index contributed by atoms with van der Waals surface area (Å²) in [5.74, 6) is -0.154. The highest BCUT2D eigenvalue weighted by atomic mass is 32.1. The Balaban J connectivity index is 2.08. The van der Waals surface area contributed by atoms with Crippen LogP contribution in [0.25, 0.3) is 0 Å². The number of carbonyl (C=O) groups is 1. The summed E-state index contributed by atoms with van der Waals surface area (Å²) in [6.07, 6.45) is 1.79. The van der Waals surface area contributed by atoms with Gasteiger partial charge in [-0.2, -0.15) is 5.26 Å². The van der Waals surface area contributed by atoms with Gasteiger partial charge in [-0.25, -0.2) is 0 Å². The Labute approximate surface area is 117 Å². The summed E-state index contributed by atoms with van der Waals surface area (Å²) in [7, 11) is 0.